The molecule has 0 fully saturated rings. The van der Waals surface area contributed by atoms with Gasteiger partial charge in [0, 0.05) is 41.6 Å². The molecule has 22 heavy (non-hydrogen) atoms. The Balaban J connectivity index is 1.72. The summed E-state index contributed by atoms with van der Waals surface area (Å²) in [7, 11) is 0. The minimum Gasteiger partial charge on any atom is -0.334 e. The number of nitrogens with zero attached hydrogens (tertiary/aromatic N) is 2. The van der Waals surface area contributed by atoms with Gasteiger partial charge in [-0.05, 0) is 23.4 Å². The number of hydrogen-bond donors (Lipinski definition) is 1. The van der Waals surface area contributed by atoms with Crippen molar-refractivity contribution in [1.82, 2.24) is 15.1 Å². The average Bonchev–Trinajstić information content (AvgIpc) is 3.02. The number of hydrogen-bond acceptors (Lipinski definition) is 3. The van der Waals surface area contributed by atoms with Crippen molar-refractivity contribution in [2.45, 2.75) is 32.1 Å². The summed E-state index contributed by atoms with van der Waals surface area (Å²) in [6, 6.07) is 8.02. The number of thioether (sulfide) groups is 1. The molecule has 0 saturated carbocycles. The second-order valence-corrected chi connectivity index (χ2v) is 7.00. The van der Waals surface area contributed by atoms with Gasteiger partial charge in [0.25, 0.3) is 5.91 Å². The normalized spacial score (nSPS) is 17.4. The lowest BCUT2D eigenvalue weighted by molar-refractivity contribution is 0.0720. The third-order valence-corrected chi connectivity index (χ3v) is 5.01. The fourth-order valence-electron chi connectivity index (χ4n) is 2.87. The number of H-pyrrole nitrogens is 1. The maximum absolute atomic E-state index is 12.7. The van der Waals surface area contributed by atoms with Crippen LogP contribution in [0.4, 0.5) is 0 Å². The van der Waals surface area contributed by atoms with Gasteiger partial charge in [0.2, 0.25) is 0 Å². The Bertz CT molecular complexity index is 650. The van der Waals surface area contributed by atoms with E-state index in [0.717, 1.165) is 34.9 Å². The van der Waals surface area contributed by atoms with Crippen LogP contribution in [0.3, 0.4) is 0 Å². The second kappa shape index (κ2) is 6.57. The van der Waals surface area contributed by atoms with E-state index in [1.54, 1.807) is 0 Å². The summed E-state index contributed by atoms with van der Waals surface area (Å²) in [4.78, 5) is 14.6. The summed E-state index contributed by atoms with van der Waals surface area (Å²) in [5, 5.41) is 7.14. The van der Waals surface area contributed by atoms with E-state index in [-0.39, 0.29) is 5.91 Å². The number of nitrogens with one attached hydrogen (secondary N) is 1. The Morgan fingerprint density at radius 2 is 2.18 bits per heavy atom. The van der Waals surface area contributed by atoms with Crippen LogP contribution in [0.2, 0.25) is 0 Å². The number of carbonyl (C=O) groups excluding carboxylic acids is 1. The standard InChI is InChI=1S/C17H21N3OS/c1-3-22-11-13-4-6-14(7-5-13)17(21)20-9-12(2)16-15(10-20)8-18-19-16/h4-8,12H,3,9-11H2,1-2H3,(H,18,19). The van der Waals surface area contributed by atoms with E-state index in [9.17, 15) is 4.79 Å². The molecule has 1 unspecified atom stereocenters. The third kappa shape index (κ3) is 3.04. The molecule has 2 heterocycles. The highest BCUT2D eigenvalue weighted by molar-refractivity contribution is 7.98. The topological polar surface area (TPSA) is 49.0 Å². The predicted octanol–water partition coefficient (Wildman–Crippen LogP) is 3.42. The zero-order chi connectivity index (χ0) is 15.5. The van der Waals surface area contributed by atoms with Gasteiger partial charge in [0.15, 0.2) is 0 Å². The number of amides is 1. The Kier molecular flexibility index (Phi) is 4.52. The van der Waals surface area contributed by atoms with Gasteiger partial charge in [0.05, 0.1) is 6.20 Å². The van der Waals surface area contributed by atoms with Gasteiger partial charge in [-0.25, -0.2) is 0 Å². The SMILES string of the molecule is CCSCc1ccc(C(=O)N2Cc3cn[nH]c3C(C)C2)cc1. The second-order valence-electron chi connectivity index (χ2n) is 5.73. The highest BCUT2D eigenvalue weighted by Crippen LogP contribution is 2.27. The summed E-state index contributed by atoms with van der Waals surface area (Å²) in [6.07, 6.45) is 1.83. The van der Waals surface area contributed by atoms with E-state index in [1.165, 1.54) is 5.56 Å². The van der Waals surface area contributed by atoms with Crippen LogP contribution in [0.1, 0.15) is 46.9 Å². The number of aromatic amines is 1. The Labute approximate surface area is 135 Å². The van der Waals surface area contributed by atoms with Crippen molar-refractivity contribution >= 4 is 17.7 Å². The van der Waals surface area contributed by atoms with Crippen LogP contribution in [0, 0.1) is 0 Å². The zero-order valence-electron chi connectivity index (χ0n) is 13.0. The molecule has 4 nitrogen and oxygen atoms in total. The molecular formula is C17H21N3OS. The molecule has 2 aromatic rings. The van der Waals surface area contributed by atoms with Crippen LogP contribution >= 0.6 is 11.8 Å². The highest BCUT2D eigenvalue weighted by atomic mass is 32.2. The molecule has 1 aromatic heterocycles. The molecule has 1 atom stereocenters. The van der Waals surface area contributed by atoms with Gasteiger partial charge in [-0.3, -0.25) is 9.89 Å². The third-order valence-electron chi connectivity index (χ3n) is 4.06. The van der Waals surface area contributed by atoms with Gasteiger partial charge in [-0.15, -0.1) is 0 Å². The quantitative estimate of drug-likeness (QED) is 0.940. The molecular weight excluding hydrogens is 294 g/mol. The first kappa shape index (κ1) is 15.2. The van der Waals surface area contributed by atoms with Crippen molar-refractivity contribution in [3.63, 3.8) is 0 Å². The predicted molar refractivity (Wildman–Crippen MR) is 90.0 cm³/mol. The fraction of sp³-hybridized carbons (Fsp3) is 0.412. The lowest BCUT2D eigenvalue weighted by atomic mass is 9.98. The minimum atomic E-state index is 0.105. The lowest BCUT2D eigenvalue weighted by Crippen LogP contribution is -2.37. The summed E-state index contributed by atoms with van der Waals surface area (Å²) in [5.41, 5.74) is 4.33. The van der Waals surface area contributed by atoms with Gasteiger partial charge in [-0.1, -0.05) is 26.0 Å². The van der Waals surface area contributed by atoms with E-state index in [4.69, 9.17) is 0 Å². The molecule has 3 rings (SSSR count). The molecule has 1 aliphatic heterocycles. The molecule has 0 radical (unpaired) electrons. The Hall–Kier alpha value is -1.75. The Morgan fingerprint density at radius 3 is 2.91 bits per heavy atom. The molecule has 0 saturated heterocycles. The van der Waals surface area contributed by atoms with E-state index < -0.39 is 0 Å². The number of rotatable bonds is 4. The molecule has 0 spiro atoms. The van der Waals surface area contributed by atoms with Gasteiger partial charge < -0.3 is 4.90 Å². The molecule has 0 aliphatic carbocycles. The molecule has 1 N–H and O–H groups in total. The van der Waals surface area contributed by atoms with Crippen LogP contribution in [-0.4, -0.2) is 33.3 Å². The molecule has 0 bridgehead atoms. The smallest absolute Gasteiger partial charge is 0.254 e. The van der Waals surface area contributed by atoms with Crippen LogP contribution in [0.15, 0.2) is 30.5 Å². The lowest BCUT2D eigenvalue weighted by Gasteiger charge is -2.30. The number of aromatic nitrogens is 2. The van der Waals surface area contributed by atoms with Crippen LogP contribution in [0.5, 0.6) is 0 Å². The van der Waals surface area contributed by atoms with E-state index >= 15 is 0 Å². The maximum atomic E-state index is 12.7. The molecule has 116 valence electrons. The van der Waals surface area contributed by atoms with E-state index in [2.05, 4.69) is 36.2 Å². The minimum absolute atomic E-state index is 0.105. The van der Waals surface area contributed by atoms with Crippen molar-refractivity contribution in [1.29, 1.82) is 0 Å². The van der Waals surface area contributed by atoms with Gasteiger partial charge in [-0.2, -0.15) is 16.9 Å². The molecule has 1 amide bonds. The number of carbonyl (C=O) groups is 1. The van der Waals surface area contributed by atoms with Crippen molar-refractivity contribution in [3.05, 3.63) is 52.8 Å². The van der Waals surface area contributed by atoms with E-state index in [1.807, 2.05) is 35.0 Å². The van der Waals surface area contributed by atoms with Crippen LogP contribution < -0.4 is 0 Å². The monoisotopic (exact) mass is 315 g/mol. The highest BCUT2D eigenvalue weighted by Gasteiger charge is 2.27. The maximum Gasteiger partial charge on any atom is 0.254 e. The first-order valence-corrected chi connectivity index (χ1v) is 8.82. The average molecular weight is 315 g/mol. The zero-order valence-corrected chi connectivity index (χ0v) is 13.8. The van der Waals surface area contributed by atoms with E-state index in [0.29, 0.717) is 12.5 Å². The number of benzene rings is 1. The number of fused-ring (bicyclic) bond motifs is 1. The Morgan fingerprint density at radius 1 is 1.41 bits per heavy atom. The van der Waals surface area contributed by atoms with Crippen LogP contribution in [0.25, 0.3) is 0 Å². The summed E-state index contributed by atoms with van der Waals surface area (Å²) in [5.74, 6) is 2.52. The van der Waals surface area contributed by atoms with Gasteiger partial charge >= 0.3 is 0 Å². The molecule has 1 aromatic carbocycles. The molecule has 1 aliphatic rings. The summed E-state index contributed by atoms with van der Waals surface area (Å²) >= 11 is 1.89. The fourth-order valence-corrected chi connectivity index (χ4v) is 3.50. The van der Waals surface area contributed by atoms with Crippen molar-refractivity contribution in [2.75, 3.05) is 12.3 Å². The molecule has 5 heteroatoms. The van der Waals surface area contributed by atoms with Crippen molar-refractivity contribution < 1.29 is 4.79 Å². The summed E-state index contributed by atoms with van der Waals surface area (Å²) < 4.78 is 0. The van der Waals surface area contributed by atoms with Crippen LogP contribution in [-0.2, 0) is 12.3 Å². The van der Waals surface area contributed by atoms with Gasteiger partial charge in [0.1, 0.15) is 0 Å². The first-order valence-electron chi connectivity index (χ1n) is 7.67. The van der Waals surface area contributed by atoms with Crippen molar-refractivity contribution in [3.8, 4) is 0 Å². The largest absolute Gasteiger partial charge is 0.334 e. The summed E-state index contributed by atoms with van der Waals surface area (Å²) in [6.45, 7) is 5.66. The first-order chi connectivity index (χ1) is 10.7. The van der Waals surface area contributed by atoms with Crippen molar-refractivity contribution in [2.24, 2.45) is 0 Å².